The number of nitrogens with zero attached hydrogens (tertiary/aromatic N) is 1. The van der Waals surface area contributed by atoms with E-state index in [9.17, 15) is 0 Å². The molecular formula is C15H19ClN2O. The van der Waals surface area contributed by atoms with Crippen LogP contribution in [-0.2, 0) is 4.74 Å². The Kier molecular flexibility index (Phi) is 5.65. The lowest BCUT2D eigenvalue weighted by Crippen LogP contribution is -2.32. The molecule has 19 heavy (non-hydrogen) atoms. The molecule has 4 heteroatoms. The molecule has 3 nitrogen and oxygen atoms in total. The minimum atomic E-state index is 0.119. The van der Waals surface area contributed by atoms with Crippen molar-refractivity contribution < 1.29 is 4.74 Å². The lowest BCUT2D eigenvalue weighted by atomic mass is 10.0. The van der Waals surface area contributed by atoms with E-state index in [1.807, 2.05) is 24.3 Å². The average Bonchev–Trinajstić information content (AvgIpc) is 2.88. The van der Waals surface area contributed by atoms with E-state index in [-0.39, 0.29) is 6.10 Å². The minimum Gasteiger partial charge on any atom is -0.372 e. The molecule has 1 heterocycles. The number of hydrogen-bond acceptors (Lipinski definition) is 3. The Bertz CT molecular complexity index is 427. The molecule has 0 saturated carbocycles. The third-order valence-electron chi connectivity index (χ3n) is 3.41. The number of halogens is 1. The van der Waals surface area contributed by atoms with Crippen molar-refractivity contribution in [1.82, 2.24) is 5.32 Å². The lowest BCUT2D eigenvalue weighted by Gasteiger charge is -2.20. The second-order valence-electron chi connectivity index (χ2n) is 4.81. The zero-order valence-electron chi connectivity index (χ0n) is 10.9. The summed E-state index contributed by atoms with van der Waals surface area (Å²) in [5.74, 6) is 0. The van der Waals surface area contributed by atoms with Gasteiger partial charge in [-0.1, -0.05) is 23.7 Å². The van der Waals surface area contributed by atoms with Gasteiger partial charge in [-0.25, -0.2) is 0 Å². The van der Waals surface area contributed by atoms with E-state index in [1.165, 1.54) is 5.56 Å². The summed E-state index contributed by atoms with van der Waals surface area (Å²) in [5.41, 5.74) is 1.18. The zero-order chi connectivity index (χ0) is 13.5. The summed E-state index contributed by atoms with van der Waals surface area (Å²) >= 11 is 5.90. The van der Waals surface area contributed by atoms with Crippen molar-refractivity contribution in [3.05, 3.63) is 34.9 Å². The molecule has 0 bridgehead atoms. The third kappa shape index (κ3) is 4.21. The molecule has 102 valence electrons. The highest BCUT2D eigenvalue weighted by Gasteiger charge is 2.28. The van der Waals surface area contributed by atoms with Crippen LogP contribution in [0.25, 0.3) is 0 Å². The maximum Gasteiger partial charge on any atom is 0.0978 e. The van der Waals surface area contributed by atoms with Crippen molar-refractivity contribution in [3.63, 3.8) is 0 Å². The molecule has 1 fully saturated rings. The molecule has 1 aromatic rings. The monoisotopic (exact) mass is 278 g/mol. The highest BCUT2D eigenvalue weighted by molar-refractivity contribution is 6.30. The first kappa shape index (κ1) is 14.3. The number of unbranched alkanes of at least 4 members (excludes halogenated alkanes) is 2. The van der Waals surface area contributed by atoms with Crippen molar-refractivity contribution in [1.29, 1.82) is 5.26 Å². The molecule has 0 unspecified atom stereocenters. The van der Waals surface area contributed by atoms with E-state index >= 15 is 0 Å². The Hall–Kier alpha value is -1.08. The van der Waals surface area contributed by atoms with Gasteiger partial charge in [0.1, 0.15) is 0 Å². The van der Waals surface area contributed by atoms with Crippen LogP contribution in [0.3, 0.4) is 0 Å². The molecule has 1 aliphatic heterocycles. The molecule has 2 rings (SSSR count). The van der Waals surface area contributed by atoms with Crippen LogP contribution < -0.4 is 5.32 Å². The van der Waals surface area contributed by atoms with Crippen LogP contribution in [0.5, 0.6) is 0 Å². The van der Waals surface area contributed by atoms with Gasteiger partial charge in [-0.15, -0.1) is 0 Å². The van der Waals surface area contributed by atoms with E-state index < -0.39 is 0 Å². The third-order valence-corrected chi connectivity index (χ3v) is 3.66. The van der Waals surface area contributed by atoms with Crippen molar-refractivity contribution in [2.45, 2.75) is 37.8 Å². The fourth-order valence-corrected chi connectivity index (χ4v) is 2.52. The molecule has 1 aliphatic rings. The summed E-state index contributed by atoms with van der Waals surface area (Å²) in [5, 5.41) is 12.8. The summed E-state index contributed by atoms with van der Waals surface area (Å²) in [7, 11) is 0. The van der Waals surface area contributed by atoms with Crippen molar-refractivity contribution in [2.24, 2.45) is 0 Å². The number of rotatable bonds is 6. The molecule has 0 spiro atoms. The van der Waals surface area contributed by atoms with Crippen LogP contribution in [0.1, 0.15) is 37.4 Å². The molecule has 0 aromatic heterocycles. The van der Waals surface area contributed by atoms with Gasteiger partial charge >= 0.3 is 0 Å². The number of hydrogen-bond donors (Lipinski definition) is 1. The van der Waals surface area contributed by atoms with Gasteiger partial charge in [-0.05, 0) is 43.5 Å². The fourth-order valence-electron chi connectivity index (χ4n) is 2.40. The SMILES string of the molecule is N#CCCCCN[C@@H]1CCO[C@@H]1c1ccc(Cl)cc1. The molecular weight excluding hydrogens is 260 g/mol. The summed E-state index contributed by atoms with van der Waals surface area (Å²) in [6.07, 6.45) is 3.79. The van der Waals surface area contributed by atoms with Crippen molar-refractivity contribution in [3.8, 4) is 6.07 Å². The van der Waals surface area contributed by atoms with Gasteiger partial charge in [-0.2, -0.15) is 5.26 Å². The Morgan fingerprint density at radius 2 is 2.11 bits per heavy atom. The van der Waals surface area contributed by atoms with Gasteiger partial charge in [0.2, 0.25) is 0 Å². The zero-order valence-corrected chi connectivity index (χ0v) is 11.7. The van der Waals surface area contributed by atoms with Gasteiger partial charge in [0, 0.05) is 24.1 Å². The molecule has 2 atom stereocenters. The Morgan fingerprint density at radius 1 is 1.32 bits per heavy atom. The Morgan fingerprint density at radius 3 is 2.84 bits per heavy atom. The second kappa shape index (κ2) is 7.49. The lowest BCUT2D eigenvalue weighted by molar-refractivity contribution is 0.0987. The molecule has 0 aliphatic carbocycles. The number of nitriles is 1. The first-order valence-corrected chi connectivity index (χ1v) is 7.16. The fraction of sp³-hybridized carbons (Fsp3) is 0.533. The standard InChI is InChI=1S/C15H19ClN2O/c16-13-6-4-12(5-7-13)15-14(8-11-19-15)18-10-3-1-2-9-17/h4-7,14-15,18H,1-3,8,10-11H2/t14-,15-/m1/s1. The van der Waals surface area contributed by atoms with Crippen LogP contribution in [-0.4, -0.2) is 19.2 Å². The summed E-state index contributed by atoms with van der Waals surface area (Å²) in [6, 6.07) is 10.4. The maximum absolute atomic E-state index is 8.49. The number of ether oxygens (including phenoxy) is 1. The van der Waals surface area contributed by atoms with Crippen LogP contribution in [0.2, 0.25) is 5.02 Å². The van der Waals surface area contributed by atoms with Gasteiger partial charge in [0.25, 0.3) is 0 Å². The predicted octanol–water partition coefficient (Wildman–Crippen LogP) is 3.45. The molecule has 1 aromatic carbocycles. The van der Waals surface area contributed by atoms with Gasteiger partial charge in [0.15, 0.2) is 0 Å². The van der Waals surface area contributed by atoms with E-state index in [4.69, 9.17) is 21.6 Å². The number of nitrogens with one attached hydrogen (secondary N) is 1. The van der Waals surface area contributed by atoms with Crippen LogP contribution in [0.15, 0.2) is 24.3 Å². The largest absolute Gasteiger partial charge is 0.372 e. The number of benzene rings is 1. The van der Waals surface area contributed by atoms with Gasteiger partial charge in [-0.3, -0.25) is 0 Å². The van der Waals surface area contributed by atoms with E-state index in [1.54, 1.807) is 0 Å². The summed E-state index contributed by atoms with van der Waals surface area (Å²) < 4.78 is 5.81. The first-order chi connectivity index (χ1) is 9.31. The Balaban J connectivity index is 1.83. The highest BCUT2D eigenvalue weighted by atomic mass is 35.5. The van der Waals surface area contributed by atoms with E-state index in [0.29, 0.717) is 12.5 Å². The van der Waals surface area contributed by atoms with E-state index in [0.717, 1.165) is 37.4 Å². The smallest absolute Gasteiger partial charge is 0.0978 e. The molecule has 0 amide bonds. The molecule has 1 N–H and O–H groups in total. The second-order valence-corrected chi connectivity index (χ2v) is 5.24. The Labute approximate surface area is 119 Å². The quantitative estimate of drug-likeness (QED) is 0.811. The van der Waals surface area contributed by atoms with Crippen molar-refractivity contribution >= 4 is 11.6 Å². The molecule has 0 radical (unpaired) electrons. The van der Waals surface area contributed by atoms with E-state index in [2.05, 4.69) is 11.4 Å². The van der Waals surface area contributed by atoms with Crippen LogP contribution in [0, 0.1) is 11.3 Å². The van der Waals surface area contributed by atoms with Gasteiger partial charge < -0.3 is 10.1 Å². The average molecular weight is 279 g/mol. The minimum absolute atomic E-state index is 0.119. The predicted molar refractivity (Wildman–Crippen MR) is 76.0 cm³/mol. The molecule has 1 saturated heterocycles. The highest BCUT2D eigenvalue weighted by Crippen LogP contribution is 2.29. The van der Waals surface area contributed by atoms with Gasteiger partial charge in [0.05, 0.1) is 12.2 Å². The summed E-state index contributed by atoms with van der Waals surface area (Å²) in [4.78, 5) is 0. The normalized spacial score (nSPS) is 22.3. The van der Waals surface area contributed by atoms with Crippen LogP contribution in [0.4, 0.5) is 0 Å². The summed E-state index contributed by atoms with van der Waals surface area (Å²) in [6.45, 7) is 1.74. The van der Waals surface area contributed by atoms with Crippen LogP contribution >= 0.6 is 11.6 Å². The first-order valence-electron chi connectivity index (χ1n) is 6.78. The topological polar surface area (TPSA) is 45.0 Å². The maximum atomic E-state index is 8.49. The van der Waals surface area contributed by atoms with Crippen molar-refractivity contribution in [2.75, 3.05) is 13.2 Å².